The Labute approximate surface area is 211 Å². The molecule has 0 fully saturated rings. The van der Waals surface area contributed by atoms with Gasteiger partial charge < -0.3 is 24.6 Å². The number of carbonyl (C=O) groups is 1. The van der Waals surface area contributed by atoms with E-state index in [-0.39, 0.29) is 18.1 Å². The van der Waals surface area contributed by atoms with Crippen LogP contribution >= 0.6 is 0 Å². The largest absolute Gasteiger partial charge is 0.502 e. The van der Waals surface area contributed by atoms with Crippen LogP contribution in [0.15, 0.2) is 66.5 Å². The van der Waals surface area contributed by atoms with Crippen molar-refractivity contribution >= 4 is 17.1 Å². The highest BCUT2D eigenvalue weighted by Gasteiger charge is 2.26. The lowest BCUT2D eigenvalue weighted by Crippen LogP contribution is -2.22. The molecule has 1 aliphatic carbocycles. The molecule has 4 rings (SSSR count). The van der Waals surface area contributed by atoms with Crippen molar-refractivity contribution in [2.45, 2.75) is 26.3 Å². The Balaban J connectivity index is 1.62. The summed E-state index contributed by atoms with van der Waals surface area (Å²) in [7, 11) is 4.65. The SMILES string of the molecule is COc1ccc2c(c1)C(CC(=O)NCc1cccnc1)=C(C)/C2=C/Cc1cc(OC)c(O)c(OC)c1. The van der Waals surface area contributed by atoms with Gasteiger partial charge in [-0.1, -0.05) is 18.2 Å². The van der Waals surface area contributed by atoms with Crippen LogP contribution in [0.3, 0.4) is 0 Å². The number of ether oxygens (including phenoxy) is 3. The number of fused-ring (bicyclic) bond motifs is 1. The molecule has 0 saturated carbocycles. The van der Waals surface area contributed by atoms with Crippen LogP contribution < -0.4 is 19.5 Å². The molecule has 36 heavy (non-hydrogen) atoms. The van der Waals surface area contributed by atoms with Crippen LogP contribution in [0.5, 0.6) is 23.0 Å². The Kier molecular flexibility index (Phi) is 7.59. The van der Waals surface area contributed by atoms with E-state index in [4.69, 9.17) is 14.2 Å². The van der Waals surface area contributed by atoms with Crippen molar-refractivity contribution in [1.82, 2.24) is 10.3 Å². The Hall–Kier alpha value is -4.26. The summed E-state index contributed by atoms with van der Waals surface area (Å²) in [6.07, 6.45) is 6.43. The predicted molar refractivity (Wildman–Crippen MR) is 139 cm³/mol. The van der Waals surface area contributed by atoms with E-state index >= 15 is 0 Å². The number of methoxy groups -OCH3 is 3. The number of nitrogens with one attached hydrogen (secondary N) is 1. The van der Waals surface area contributed by atoms with Crippen molar-refractivity contribution in [2.24, 2.45) is 0 Å². The standard InChI is InChI=1S/C29H30N2O5/c1-18-22(9-7-19-12-26(35-3)29(33)27(13-19)36-4)23-10-8-21(34-2)14-25(23)24(18)15-28(32)31-17-20-6-5-11-30-16-20/h5-6,8-14,16,33H,7,15,17H2,1-4H3,(H,31,32)/b22-9-. The summed E-state index contributed by atoms with van der Waals surface area (Å²) < 4.78 is 16.1. The molecule has 1 heterocycles. The first-order valence-electron chi connectivity index (χ1n) is 11.6. The van der Waals surface area contributed by atoms with Gasteiger partial charge in [0.1, 0.15) is 5.75 Å². The zero-order chi connectivity index (χ0) is 25.7. The minimum atomic E-state index is -0.0590. The van der Waals surface area contributed by atoms with Gasteiger partial charge in [0.15, 0.2) is 11.5 Å². The number of benzene rings is 2. The summed E-state index contributed by atoms with van der Waals surface area (Å²) in [5.41, 5.74) is 7.02. The number of carbonyl (C=O) groups excluding carboxylic acids is 1. The van der Waals surface area contributed by atoms with E-state index in [9.17, 15) is 9.90 Å². The minimum Gasteiger partial charge on any atom is -0.502 e. The van der Waals surface area contributed by atoms with Crippen LogP contribution in [-0.2, 0) is 17.8 Å². The second-order valence-corrected chi connectivity index (χ2v) is 8.50. The van der Waals surface area contributed by atoms with Gasteiger partial charge in [0.25, 0.3) is 0 Å². The van der Waals surface area contributed by atoms with Gasteiger partial charge in [0.05, 0.1) is 27.8 Å². The summed E-state index contributed by atoms with van der Waals surface area (Å²) >= 11 is 0. The van der Waals surface area contributed by atoms with Crippen LogP contribution in [-0.4, -0.2) is 37.3 Å². The summed E-state index contributed by atoms with van der Waals surface area (Å²) in [6, 6.07) is 13.3. The fourth-order valence-electron chi connectivity index (χ4n) is 4.40. The average Bonchev–Trinajstić information content (AvgIpc) is 3.16. The molecule has 2 N–H and O–H groups in total. The lowest BCUT2D eigenvalue weighted by molar-refractivity contribution is -0.120. The van der Waals surface area contributed by atoms with Crippen molar-refractivity contribution in [2.75, 3.05) is 21.3 Å². The summed E-state index contributed by atoms with van der Waals surface area (Å²) in [5.74, 6) is 1.38. The van der Waals surface area contributed by atoms with Crippen molar-refractivity contribution in [3.05, 3.63) is 88.8 Å². The number of aromatic hydroxyl groups is 1. The van der Waals surface area contributed by atoms with Crippen molar-refractivity contribution in [3.8, 4) is 23.0 Å². The molecule has 0 unspecified atom stereocenters. The smallest absolute Gasteiger partial charge is 0.224 e. The molecule has 0 spiro atoms. The Morgan fingerprint density at radius 2 is 1.75 bits per heavy atom. The van der Waals surface area contributed by atoms with Crippen LogP contribution in [0, 0.1) is 0 Å². The highest BCUT2D eigenvalue weighted by molar-refractivity contribution is 6.04. The average molecular weight is 487 g/mol. The number of nitrogens with zero attached hydrogens (tertiary/aromatic N) is 1. The molecule has 7 nitrogen and oxygen atoms in total. The predicted octanol–water partition coefficient (Wildman–Crippen LogP) is 4.93. The van der Waals surface area contributed by atoms with Gasteiger partial charge in [-0.25, -0.2) is 0 Å². The van der Waals surface area contributed by atoms with Crippen LogP contribution in [0.2, 0.25) is 0 Å². The molecule has 2 aromatic carbocycles. The molecular weight excluding hydrogens is 456 g/mol. The number of allylic oxidation sites excluding steroid dienone is 3. The summed E-state index contributed by atoms with van der Waals surface area (Å²) in [6.45, 7) is 2.47. The lowest BCUT2D eigenvalue weighted by Gasteiger charge is -2.11. The zero-order valence-corrected chi connectivity index (χ0v) is 20.9. The highest BCUT2D eigenvalue weighted by Crippen LogP contribution is 2.44. The third-order valence-corrected chi connectivity index (χ3v) is 6.33. The molecule has 0 saturated heterocycles. The minimum absolute atomic E-state index is 0.0228. The summed E-state index contributed by atoms with van der Waals surface area (Å²) in [4.78, 5) is 17.0. The first-order valence-corrected chi connectivity index (χ1v) is 11.6. The molecule has 1 aliphatic rings. The second-order valence-electron chi connectivity index (χ2n) is 8.50. The monoisotopic (exact) mass is 486 g/mol. The maximum atomic E-state index is 12.9. The summed E-state index contributed by atoms with van der Waals surface area (Å²) in [5, 5.41) is 13.2. The quantitative estimate of drug-likeness (QED) is 0.446. The molecule has 1 aromatic heterocycles. The first-order chi connectivity index (χ1) is 17.4. The molecule has 0 radical (unpaired) electrons. The van der Waals surface area contributed by atoms with Gasteiger partial charge in [-0.2, -0.15) is 0 Å². The van der Waals surface area contributed by atoms with Crippen molar-refractivity contribution < 1.29 is 24.1 Å². The van der Waals surface area contributed by atoms with Crippen LogP contribution in [0.4, 0.5) is 0 Å². The van der Waals surface area contributed by atoms with E-state index in [1.165, 1.54) is 14.2 Å². The first kappa shape index (κ1) is 24.9. The van der Waals surface area contributed by atoms with Gasteiger partial charge in [-0.3, -0.25) is 9.78 Å². The number of amides is 1. The zero-order valence-electron chi connectivity index (χ0n) is 20.9. The Bertz CT molecular complexity index is 1300. The Morgan fingerprint density at radius 1 is 1.00 bits per heavy atom. The molecule has 186 valence electrons. The van der Waals surface area contributed by atoms with E-state index in [0.717, 1.165) is 44.7 Å². The van der Waals surface area contributed by atoms with E-state index in [2.05, 4.69) is 16.4 Å². The van der Waals surface area contributed by atoms with Crippen LogP contribution in [0.1, 0.15) is 35.6 Å². The number of aromatic nitrogens is 1. The molecule has 0 aliphatic heterocycles. The molecular formula is C29H30N2O5. The molecule has 0 atom stereocenters. The van der Waals surface area contributed by atoms with E-state index < -0.39 is 0 Å². The van der Waals surface area contributed by atoms with E-state index in [1.807, 2.05) is 37.3 Å². The molecule has 0 bridgehead atoms. The van der Waals surface area contributed by atoms with E-state index in [1.54, 1.807) is 31.6 Å². The molecule has 7 heteroatoms. The number of rotatable bonds is 9. The van der Waals surface area contributed by atoms with Gasteiger partial charge in [0.2, 0.25) is 11.7 Å². The van der Waals surface area contributed by atoms with Crippen LogP contribution in [0.25, 0.3) is 11.1 Å². The van der Waals surface area contributed by atoms with Crippen molar-refractivity contribution in [3.63, 3.8) is 0 Å². The molecule has 1 amide bonds. The topological polar surface area (TPSA) is 89.9 Å². The number of hydrogen-bond donors (Lipinski definition) is 2. The third kappa shape index (κ3) is 5.20. The van der Waals surface area contributed by atoms with Gasteiger partial charge in [-0.15, -0.1) is 0 Å². The lowest BCUT2D eigenvalue weighted by atomic mass is 10.00. The maximum Gasteiger partial charge on any atom is 0.224 e. The number of hydrogen-bond acceptors (Lipinski definition) is 6. The Morgan fingerprint density at radius 3 is 2.39 bits per heavy atom. The van der Waals surface area contributed by atoms with Gasteiger partial charge in [0, 0.05) is 18.9 Å². The number of phenols is 1. The molecule has 3 aromatic rings. The fraction of sp³-hybridized carbons (Fsp3) is 0.241. The van der Waals surface area contributed by atoms with Crippen molar-refractivity contribution in [1.29, 1.82) is 0 Å². The second kappa shape index (κ2) is 11.0. The number of pyridine rings is 1. The highest BCUT2D eigenvalue weighted by atomic mass is 16.5. The number of phenolic OH excluding ortho intramolecular Hbond substituents is 1. The fourth-order valence-corrected chi connectivity index (χ4v) is 4.40. The van der Waals surface area contributed by atoms with Gasteiger partial charge in [-0.05, 0) is 82.6 Å². The third-order valence-electron chi connectivity index (χ3n) is 6.33. The normalized spacial score (nSPS) is 13.5. The van der Waals surface area contributed by atoms with E-state index in [0.29, 0.717) is 24.5 Å². The maximum absolute atomic E-state index is 12.9. The van der Waals surface area contributed by atoms with Gasteiger partial charge >= 0.3 is 0 Å².